The molecule has 2 amide bonds. The van der Waals surface area contributed by atoms with Crippen molar-refractivity contribution in [3.63, 3.8) is 0 Å². The molecule has 3 aliphatic heterocycles. The zero-order valence-electron chi connectivity index (χ0n) is 20.0. The van der Waals surface area contributed by atoms with Gasteiger partial charge in [-0.1, -0.05) is 0 Å². The number of ether oxygens (including phenoxy) is 2. The fourth-order valence-corrected chi connectivity index (χ4v) is 5.09. The Morgan fingerprint density at radius 1 is 1.06 bits per heavy atom. The second-order valence-electron chi connectivity index (χ2n) is 9.48. The third-order valence-corrected chi connectivity index (χ3v) is 7.27. The Labute approximate surface area is 209 Å². The molecule has 2 aromatic carbocycles. The molecule has 2 fully saturated rings. The molecule has 3 aliphatic rings. The van der Waals surface area contributed by atoms with E-state index >= 15 is 0 Å². The Bertz CT molecular complexity index is 1090. The summed E-state index contributed by atoms with van der Waals surface area (Å²) in [6.45, 7) is 5.85. The molecule has 2 atom stereocenters. The van der Waals surface area contributed by atoms with Crippen LogP contribution in [0.3, 0.4) is 0 Å². The summed E-state index contributed by atoms with van der Waals surface area (Å²) >= 11 is 0. The van der Waals surface area contributed by atoms with Gasteiger partial charge in [-0.25, -0.2) is 9.18 Å². The van der Waals surface area contributed by atoms with Crippen LogP contribution in [0.4, 0.5) is 14.9 Å². The monoisotopic (exact) mass is 498 g/mol. The average molecular weight is 499 g/mol. The summed E-state index contributed by atoms with van der Waals surface area (Å²) in [5, 5.41) is 14.7. The van der Waals surface area contributed by atoms with Crippen LogP contribution in [0.2, 0.25) is 0 Å². The molecule has 9 nitrogen and oxygen atoms in total. The number of fused-ring (bicyclic) bond motifs is 1. The summed E-state index contributed by atoms with van der Waals surface area (Å²) in [5.74, 6) is -0.323. The molecule has 2 saturated heterocycles. The Balaban J connectivity index is 1.39. The topological polar surface area (TPSA) is 103 Å². The Hall–Kier alpha value is -3.37. The maximum absolute atomic E-state index is 13.4. The van der Waals surface area contributed by atoms with Gasteiger partial charge in [0, 0.05) is 55.5 Å². The summed E-state index contributed by atoms with van der Waals surface area (Å²) in [4.78, 5) is 29.1. The molecule has 5 rings (SSSR count). The van der Waals surface area contributed by atoms with Crippen molar-refractivity contribution < 1.29 is 28.6 Å². The van der Waals surface area contributed by atoms with Gasteiger partial charge < -0.3 is 30.1 Å². The highest BCUT2D eigenvalue weighted by molar-refractivity contribution is 5.94. The lowest BCUT2D eigenvalue weighted by Crippen LogP contribution is -2.56. The van der Waals surface area contributed by atoms with E-state index in [4.69, 9.17) is 9.47 Å². The first-order valence-electron chi connectivity index (χ1n) is 12.3. The van der Waals surface area contributed by atoms with E-state index in [9.17, 15) is 19.1 Å². The van der Waals surface area contributed by atoms with Gasteiger partial charge in [0.15, 0.2) is 0 Å². The molecule has 0 bridgehead atoms. The van der Waals surface area contributed by atoms with E-state index < -0.39 is 18.0 Å². The second-order valence-corrected chi connectivity index (χ2v) is 9.48. The standard InChI is InChI=1S/C26H31FN4O5/c27-19-3-1-17(2-4-19)25(32)29-24-18(14-28-26(33)34)7-12-36-23-6-5-20(13-22(23)24)30-8-10-31(11-9-30)21-15-35-16-21/h1-6,13,18,21,24,28H,7-12,14-16H2,(H,29,32)(H,33,34)/t18-,24-/m0/s1. The number of benzene rings is 2. The largest absolute Gasteiger partial charge is 0.493 e. The Kier molecular flexibility index (Phi) is 7.24. The van der Waals surface area contributed by atoms with Crippen molar-refractivity contribution in [1.82, 2.24) is 15.5 Å². The fraction of sp³-hybridized carbons (Fsp3) is 0.462. The van der Waals surface area contributed by atoms with Crippen LogP contribution in [0.15, 0.2) is 42.5 Å². The van der Waals surface area contributed by atoms with E-state index in [1.54, 1.807) is 0 Å². The van der Waals surface area contributed by atoms with E-state index in [1.807, 2.05) is 18.2 Å². The number of anilines is 1. The van der Waals surface area contributed by atoms with E-state index in [-0.39, 0.29) is 18.4 Å². The maximum Gasteiger partial charge on any atom is 0.404 e. The van der Waals surface area contributed by atoms with E-state index in [0.29, 0.717) is 30.4 Å². The number of halogens is 1. The third-order valence-electron chi connectivity index (χ3n) is 7.27. The minimum atomic E-state index is -1.12. The molecule has 3 N–H and O–H groups in total. The van der Waals surface area contributed by atoms with E-state index in [1.165, 1.54) is 24.3 Å². The molecule has 0 radical (unpaired) electrons. The van der Waals surface area contributed by atoms with Crippen molar-refractivity contribution in [3.05, 3.63) is 59.4 Å². The van der Waals surface area contributed by atoms with Gasteiger partial charge >= 0.3 is 6.09 Å². The average Bonchev–Trinajstić information content (AvgIpc) is 3.01. The number of hydrogen-bond donors (Lipinski definition) is 3. The molecule has 0 saturated carbocycles. The van der Waals surface area contributed by atoms with Crippen LogP contribution in [0.1, 0.15) is 28.4 Å². The minimum absolute atomic E-state index is 0.166. The first kappa shape index (κ1) is 24.3. The number of amides is 2. The van der Waals surface area contributed by atoms with Crippen molar-refractivity contribution in [3.8, 4) is 5.75 Å². The number of hydrogen-bond acceptors (Lipinski definition) is 6. The summed E-state index contributed by atoms with van der Waals surface area (Å²) in [6, 6.07) is 11.4. The molecule has 10 heteroatoms. The SMILES string of the molecule is O=C(O)NC[C@@H]1CCOc2ccc(N3CCN(C4COC4)CC3)cc2[C@H]1NC(=O)c1ccc(F)cc1. The lowest BCUT2D eigenvalue weighted by atomic mass is 9.89. The molecule has 2 aromatic rings. The predicted molar refractivity (Wildman–Crippen MR) is 131 cm³/mol. The Morgan fingerprint density at radius 2 is 1.81 bits per heavy atom. The molecule has 36 heavy (non-hydrogen) atoms. The zero-order valence-corrected chi connectivity index (χ0v) is 20.0. The van der Waals surface area contributed by atoms with Gasteiger partial charge in [0.25, 0.3) is 5.91 Å². The van der Waals surface area contributed by atoms with Crippen LogP contribution in [0.25, 0.3) is 0 Å². The Morgan fingerprint density at radius 3 is 2.47 bits per heavy atom. The summed E-state index contributed by atoms with van der Waals surface area (Å²) < 4.78 is 24.7. The van der Waals surface area contributed by atoms with Crippen LogP contribution < -0.4 is 20.3 Å². The van der Waals surface area contributed by atoms with Gasteiger partial charge in [-0.3, -0.25) is 9.69 Å². The van der Waals surface area contributed by atoms with Crippen LogP contribution in [0.5, 0.6) is 5.75 Å². The zero-order chi connectivity index (χ0) is 25.1. The highest BCUT2D eigenvalue weighted by Crippen LogP contribution is 2.38. The van der Waals surface area contributed by atoms with E-state index in [2.05, 4.69) is 20.4 Å². The van der Waals surface area contributed by atoms with Gasteiger partial charge in [0.1, 0.15) is 11.6 Å². The molecular formula is C26H31FN4O5. The number of rotatable bonds is 6. The number of nitrogens with one attached hydrogen (secondary N) is 2. The molecule has 192 valence electrons. The van der Waals surface area contributed by atoms with Gasteiger partial charge in [-0.2, -0.15) is 0 Å². The number of carbonyl (C=O) groups excluding carboxylic acids is 1. The van der Waals surface area contributed by atoms with E-state index in [0.717, 1.165) is 50.6 Å². The smallest absolute Gasteiger partial charge is 0.404 e. The quantitative estimate of drug-likeness (QED) is 0.562. The summed E-state index contributed by atoms with van der Waals surface area (Å²) in [6.07, 6.45) is -0.562. The first-order chi connectivity index (χ1) is 17.5. The van der Waals surface area contributed by atoms with Gasteiger partial charge in [0.05, 0.1) is 31.9 Å². The van der Waals surface area contributed by atoms with Crippen LogP contribution in [-0.2, 0) is 4.74 Å². The van der Waals surface area contributed by atoms with Crippen molar-refractivity contribution >= 4 is 17.7 Å². The molecular weight excluding hydrogens is 467 g/mol. The van der Waals surface area contributed by atoms with Crippen LogP contribution in [-0.4, -0.2) is 80.6 Å². The lowest BCUT2D eigenvalue weighted by molar-refractivity contribution is -0.0660. The molecule has 0 spiro atoms. The summed E-state index contributed by atoms with van der Waals surface area (Å²) in [5.41, 5.74) is 2.18. The normalized spacial score (nSPS) is 22.5. The molecule has 3 heterocycles. The fourth-order valence-electron chi connectivity index (χ4n) is 5.09. The summed E-state index contributed by atoms with van der Waals surface area (Å²) in [7, 11) is 0. The van der Waals surface area contributed by atoms with Crippen molar-refractivity contribution in [2.45, 2.75) is 18.5 Å². The van der Waals surface area contributed by atoms with Crippen molar-refractivity contribution in [2.75, 3.05) is 57.4 Å². The highest BCUT2D eigenvalue weighted by Gasteiger charge is 2.33. The second kappa shape index (κ2) is 10.7. The molecule has 0 unspecified atom stereocenters. The highest BCUT2D eigenvalue weighted by atomic mass is 19.1. The van der Waals surface area contributed by atoms with Crippen LogP contribution >= 0.6 is 0 Å². The van der Waals surface area contributed by atoms with Crippen molar-refractivity contribution in [1.29, 1.82) is 0 Å². The predicted octanol–water partition coefficient (Wildman–Crippen LogP) is 2.48. The third kappa shape index (κ3) is 5.39. The van der Waals surface area contributed by atoms with Gasteiger partial charge in [-0.05, 0) is 48.9 Å². The first-order valence-corrected chi connectivity index (χ1v) is 12.3. The number of carboxylic acid groups (broad SMARTS) is 1. The van der Waals surface area contributed by atoms with Gasteiger partial charge in [0.2, 0.25) is 0 Å². The lowest BCUT2D eigenvalue weighted by Gasteiger charge is -2.43. The number of carbonyl (C=O) groups is 2. The van der Waals surface area contributed by atoms with Crippen molar-refractivity contribution in [2.24, 2.45) is 5.92 Å². The minimum Gasteiger partial charge on any atom is -0.493 e. The number of nitrogens with zero attached hydrogens (tertiary/aromatic N) is 2. The van der Waals surface area contributed by atoms with Gasteiger partial charge in [-0.15, -0.1) is 0 Å². The van der Waals surface area contributed by atoms with Crippen LogP contribution in [0, 0.1) is 11.7 Å². The number of piperazine rings is 1. The molecule has 0 aliphatic carbocycles. The maximum atomic E-state index is 13.4. The molecule has 0 aromatic heterocycles.